The molecule has 1 aliphatic carbocycles. The van der Waals surface area contributed by atoms with Crippen LogP contribution in [-0.2, 0) is 4.79 Å². The standard InChI is InChI=1S/C18H20ClF3N2O3/c1-11-9-12(7-8-14(11)19)27-10-16(25)24-17(26,18(20,21)22)13-5-3-2-4-6-15(13)23-24/h7-9,13,26H,2-6,10H2,1H3/t13-,17+/m1/s1. The van der Waals surface area contributed by atoms with Crippen LogP contribution in [0.3, 0.4) is 0 Å². The summed E-state index contributed by atoms with van der Waals surface area (Å²) < 4.78 is 46.5. The van der Waals surface area contributed by atoms with E-state index in [1.54, 1.807) is 19.1 Å². The summed E-state index contributed by atoms with van der Waals surface area (Å²) in [7, 11) is 0. The van der Waals surface area contributed by atoms with Crippen molar-refractivity contribution in [3.8, 4) is 5.75 Å². The summed E-state index contributed by atoms with van der Waals surface area (Å²) in [6.07, 6.45) is -2.55. The van der Waals surface area contributed by atoms with Crippen molar-refractivity contribution in [2.75, 3.05) is 6.61 Å². The summed E-state index contributed by atoms with van der Waals surface area (Å²) >= 11 is 5.91. The van der Waals surface area contributed by atoms with Gasteiger partial charge < -0.3 is 9.84 Å². The van der Waals surface area contributed by atoms with Crippen molar-refractivity contribution in [2.24, 2.45) is 11.0 Å². The molecule has 27 heavy (non-hydrogen) atoms. The molecule has 0 radical (unpaired) electrons. The van der Waals surface area contributed by atoms with Gasteiger partial charge in [0.15, 0.2) is 6.61 Å². The Morgan fingerprint density at radius 3 is 2.81 bits per heavy atom. The summed E-state index contributed by atoms with van der Waals surface area (Å²) in [5, 5.41) is 15.1. The number of ether oxygens (including phenoxy) is 1. The number of rotatable bonds is 3. The second kappa shape index (κ2) is 7.31. The zero-order valence-corrected chi connectivity index (χ0v) is 15.5. The third kappa shape index (κ3) is 3.65. The highest BCUT2D eigenvalue weighted by molar-refractivity contribution is 6.31. The molecule has 1 aromatic carbocycles. The zero-order chi connectivity index (χ0) is 19.8. The Labute approximate surface area is 159 Å². The number of hydrazone groups is 1. The van der Waals surface area contributed by atoms with Crippen molar-refractivity contribution < 1.29 is 27.8 Å². The molecule has 3 rings (SSSR count). The summed E-state index contributed by atoms with van der Waals surface area (Å²) in [6.45, 7) is 1.06. The van der Waals surface area contributed by atoms with Crippen molar-refractivity contribution >= 4 is 23.2 Å². The lowest BCUT2D eigenvalue weighted by Gasteiger charge is -2.37. The molecule has 1 aliphatic heterocycles. The lowest BCUT2D eigenvalue weighted by Crippen LogP contribution is -2.61. The largest absolute Gasteiger partial charge is 0.484 e. The molecule has 9 heteroatoms. The van der Waals surface area contributed by atoms with Gasteiger partial charge in [-0.2, -0.15) is 23.3 Å². The quantitative estimate of drug-likeness (QED) is 0.826. The number of amides is 1. The molecule has 0 aromatic heterocycles. The first-order valence-electron chi connectivity index (χ1n) is 8.73. The van der Waals surface area contributed by atoms with Crippen molar-refractivity contribution in [1.82, 2.24) is 5.01 Å². The second-order valence-electron chi connectivity index (χ2n) is 6.87. The Bertz CT molecular complexity index is 769. The minimum Gasteiger partial charge on any atom is -0.484 e. The molecule has 1 heterocycles. The summed E-state index contributed by atoms with van der Waals surface area (Å²) in [4.78, 5) is 12.5. The third-order valence-corrected chi connectivity index (χ3v) is 5.43. The van der Waals surface area contributed by atoms with Crippen LogP contribution in [0.25, 0.3) is 0 Å². The fraction of sp³-hybridized carbons (Fsp3) is 0.556. The highest BCUT2D eigenvalue weighted by atomic mass is 35.5. The predicted octanol–water partition coefficient (Wildman–Crippen LogP) is 4.06. The molecule has 1 fully saturated rings. The number of hydrogen-bond acceptors (Lipinski definition) is 4. The summed E-state index contributed by atoms with van der Waals surface area (Å²) in [5.74, 6) is -1.99. The first-order chi connectivity index (χ1) is 12.6. The van der Waals surface area contributed by atoms with Crippen LogP contribution >= 0.6 is 11.6 Å². The fourth-order valence-corrected chi connectivity index (χ4v) is 3.67. The van der Waals surface area contributed by atoms with Gasteiger partial charge in [-0.3, -0.25) is 4.79 Å². The molecule has 148 valence electrons. The maximum Gasteiger partial charge on any atom is 0.439 e. The van der Waals surface area contributed by atoms with E-state index in [0.29, 0.717) is 35.6 Å². The average molecular weight is 405 g/mol. The zero-order valence-electron chi connectivity index (χ0n) is 14.7. The maximum absolute atomic E-state index is 13.7. The van der Waals surface area contributed by atoms with E-state index in [4.69, 9.17) is 16.3 Å². The van der Waals surface area contributed by atoms with Crippen LogP contribution in [-0.4, -0.2) is 40.2 Å². The van der Waals surface area contributed by atoms with Crippen molar-refractivity contribution in [2.45, 2.75) is 50.9 Å². The molecule has 1 saturated carbocycles. The van der Waals surface area contributed by atoms with E-state index < -0.39 is 30.3 Å². The van der Waals surface area contributed by atoms with Crippen LogP contribution < -0.4 is 4.74 Å². The minimum absolute atomic E-state index is 0.135. The number of aryl methyl sites for hydroxylation is 1. The topological polar surface area (TPSA) is 62.1 Å². The molecule has 2 atom stereocenters. The van der Waals surface area contributed by atoms with E-state index in [0.717, 1.165) is 6.42 Å². The lowest BCUT2D eigenvalue weighted by atomic mass is 9.87. The minimum atomic E-state index is -5.03. The third-order valence-electron chi connectivity index (χ3n) is 5.01. The molecule has 0 bridgehead atoms. The van der Waals surface area contributed by atoms with Gasteiger partial charge in [-0.15, -0.1) is 0 Å². The van der Waals surface area contributed by atoms with Gasteiger partial charge in [0.05, 0.1) is 5.92 Å². The molecular formula is C18H20ClF3N2O3. The Morgan fingerprint density at radius 2 is 2.15 bits per heavy atom. The van der Waals surface area contributed by atoms with Gasteiger partial charge in [0.2, 0.25) is 0 Å². The van der Waals surface area contributed by atoms with Crippen LogP contribution in [0, 0.1) is 12.8 Å². The Morgan fingerprint density at radius 1 is 1.41 bits per heavy atom. The summed E-state index contributed by atoms with van der Waals surface area (Å²) in [5.41, 5.74) is -2.40. The van der Waals surface area contributed by atoms with E-state index in [-0.39, 0.29) is 17.1 Å². The van der Waals surface area contributed by atoms with Crippen LogP contribution in [0.4, 0.5) is 13.2 Å². The number of carbonyl (C=O) groups excluding carboxylic acids is 1. The second-order valence-corrected chi connectivity index (χ2v) is 7.28. The van der Waals surface area contributed by atoms with Gasteiger partial charge in [-0.05, 0) is 49.9 Å². The normalized spacial score (nSPS) is 25.6. The molecule has 1 amide bonds. The lowest BCUT2D eigenvalue weighted by molar-refractivity contribution is -0.317. The molecular weight excluding hydrogens is 385 g/mol. The smallest absolute Gasteiger partial charge is 0.439 e. The summed E-state index contributed by atoms with van der Waals surface area (Å²) in [6, 6.07) is 4.65. The fourth-order valence-electron chi connectivity index (χ4n) is 3.55. The number of carbonyl (C=O) groups is 1. The van der Waals surface area contributed by atoms with E-state index in [1.807, 2.05) is 0 Å². The van der Waals surface area contributed by atoms with Gasteiger partial charge in [0.25, 0.3) is 11.6 Å². The monoisotopic (exact) mass is 404 g/mol. The van der Waals surface area contributed by atoms with Gasteiger partial charge in [0, 0.05) is 10.7 Å². The molecule has 2 aliphatic rings. The van der Waals surface area contributed by atoms with Crippen LogP contribution in [0.2, 0.25) is 5.02 Å². The predicted molar refractivity (Wildman–Crippen MR) is 93.5 cm³/mol. The van der Waals surface area contributed by atoms with E-state index in [2.05, 4.69) is 5.10 Å². The Kier molecular flexibility index (Phi) is 5.40. The number of fused-ring (bicyclic) bond motifs is 1. The number of halogens is 4. The molecule has 0 spiro atoms. The van der Waals surface area contributed by atoms with Gasteiger partial charge in [0.1, 0.15) is 5.75 Å². The first kappa shape index (κ1) is 19.9. The van der Waals surface area contributed by atoms with Crippen LogP contribution in [0.5, 0.6) is 5.75 Å². The Balaban J connectivity index is 1.81. The van der Waals surface area contributed by atoms with Crippen molar-refractivity contribution in [3.05, 3.63) is 28.8 Å². The number of hydrogen-bond donors (Lipinski definition) is 1. The van der Waals surface area contributed by atoms with Crippen molar-refractivity contribution in [1.29, 1.82) is 0 Å². The number of aliphatic hydroxyl groups is 1. The molecule has 0 unspecified atom stereocenters. The molecule has 0 saturated heterocycles. The first-order valence-corrected chi connectivity index (χ1v) is 9.11. The highest BCUT2D eigenvalue weighted by Gasteiger charge is 2.68. The molecule has 1 N–H and O–H groups in total. The number of benzene rings is 1. The van der Waals surface area contributed by atoms with E-state index in [1.165, 1.54) is 6.07 Å². The van der Waals surface area contributed by atoms with E-state index in [9.17, 15) is 23.1 Å². The molecule has 5 nitrogen and oxygen atoms in total. The van der Waals surface area contributed by atoms with Crippen LogP contribution in [0.15, 0.2) is 23.3 Å². The maximum atomic E-state index is 13.7. The van der Waals surface area contributed by atoms with Gasteiger partial charge in [-0.1, -0.05) is 24.4 Å². The Hall–Kier alpha value is -1.80. The average Bonchev–Trinajstić information content (AvgIpc) is 2.75. The van der Waals surface area contributed by atoms with Crippen molar-refractivity contribution in [3.63, 3.8) is 0 Å². The number of alkyl halides is 3. The van der Waals surface area contributed by atoms with E-state index >= 15 is 0 Å². The SMILES string of the molecule is Cc1cc(OCC(=O)N2N=C3CCCCC[C@H]3[C@]2(O)C(F)(F)F)ccc1Cl. The van der Waals surface area contributed by atoms with Gasteiger partial charge in [-0.25, -0.2) is 0 Å². The van der Waals surface area contributed by atoms with Crippen LogP contribution in [0.1, 0.15) is 37.7 Å². The number of nitrogens with zero attached hydrogens (tertiary/aromatic N) is 2. The highest BCUT2D eigenvalue weighted by Crippen LogP contribution is 2.47. The molecule has 1 aromatic rings. The van der Waals surface area contributed by atoms with Gasteiger partial charge >= 0.3 is 6.18 Å².